The molecule has 2 radical (unpaired) electrons. The Bertz CT molecular complexity index is 348. The predicted molar refractivity (Wildman–Crippen MR) is 86.4 cm³/mol. The van der Waals surface area contributed by atoms with E-state index in [2.05, 4.69) is 74.7 Å². The molecule has 0 atom stereocenters. The second kappa shape index (κ2) is 10.4. The second-order valence-electron chi connectivity index (χ2n) is 5.35. The third kappa shape index (κ3) is 9.23. The van der Waals surface area contributed by atoms with Crippen molar-refractivity contribution in [2.75, 3.05) is 0 Å². The zero-order valence-corrected chi connectivity index (χ0v) is 15.5. The van der Waals surface area contributed by atoms with Crippen molar-refractivity contribution in [3.05, 3.63) is 59.7 Å². The van der Waals surface area contributed by atoms with Gasteiger partial charge in [0.25, 0.3) is 0 Å². The van der Waals surface area contributed by atoms with Crippen LogP contribution in [0.5, 0.6) is 0 Å². The fourth-order valence-electron chi connectivity index (χ4n) is 1.88. The average molecular weight is 328 g/mol. The molecule has 104 valence electrons. The molecule has 3 heteroatoms. The molecule has 2 aromatic rings. The van der Waals surface area contributed by atoms with Crippen LogP contribution in [0.1, 0.15) is 11.1 Å². The molecule has 0 nitrogen and oxygen atoms in total. The molecule has 0 saturated heterocycles. The van der Waals surface area contributed by atoms with Gasteiger partial charge in [-0.2, -0.15) is 35.4 Å². The Hall–Kier alpha value is -0.347. The average Bonchev–Trinajstić information content (AvgIpc) is 2.90. The van der Waals surface area contributed by atoms with E-state index in [0.29, 0.717) is 0 Å². The Kier molecular flexibility index (Phi) is 10.3. The first kappa shape index (κ1) is 18.7. The number of hydrogen-bond acceptors (Lipinski definition) is 0. The SMILES string of the molecule is C[Si](C)Cc1ccc[cH-]1.C[Si](C)Cc1ccc[cH-]1.[Fe+2]. The van der Waals surface area contributed by atoms with Crippen molar-refractivity contribution < 1.29 is 17.1 Å². The molecule has 0 fully saturated rings. The van der Waals surface area contributed by atoms with Gasteiger partial charge < -0.3 is 0 Å². The van der Waals surface area contributed by atoms with E-state index in [4.69, 9.17) is 0 Å². The molecule has 0 aromatic heterocycles. The van der Waals surface area contributed by atoms with Crippen molar-refractivity contribution >= 4 is 17.6 Å². The van der Waals surface area contributed by atoms with Gasteiger partial charge in [0.1, 0.15) is 0 Å². The van der Waals surface area contributed by atoms with Crippen molar-refractivity contribution in [2.45, 2.75) is 38.3 Å². The van der Waals surface area contributed by atoms with Gasteiger partial charge in [-0.25, -0.2) is 24.3 Å². The van der Waals surface area contributed by atoms with Crippen molar-refractivity contribution in [2.24, 2.45) is 0 Å². The Morgan fingerprint density at radius 1 is 0.789 bits per heavy atom. The van der Waals surface area contributed by atoms with Gasteiger partial charge in [-0.3, -0.25) is 0 Å². The van der Waals surface area contributed by atoms with E-state index in [-0.39, 0.29) is 34.7 Å². The summed E-state index contributed by atoms with van der Waals surface area (Å²) in [6.45, 7) is 9.38. The summed E-state index contributed by atoms with van der Waals surface area (Å²) in [6.07, 6.45) is 0. The van der Waals surface area contributed by atoms with E-state index in [1.54, 1.807) is 0 Å². The largest absolute Gasteiger partial charge is 2.00 e. The quantitative estimate of drug-likeness (QED) is 0.573. The summed E-state index contributed by atoms with van der Waals surface area (Å²) in [5.41, 5.74) is 3.02. The molecule has 0 amide bonds. The molecule has 0 spiro atoms. The Balaban J connectivity index is 0.000000324. The van der Waals surface area contributed by atoms with Gasteiger partial charge in [0.05, 0.1) is 0 Å². The maximum Gasteiger partial charge on any atom is 2.00 e. The predicted octanol–water partition coefficient (Wildman–Crippen LogP) is 4.48. The van der Waals surface area contributed by atoms with E-state index in [1.165, 1.54) is 23.2 Å². The standard InChI is InChI=1S/2C8H12Si.Fe/c2*1-9(2)7-8-5-3-4-6-8;/h2*3-6H,7H2,1-2H3;/q2*-1;+2. The minimum Gasteiger partial charge on any atom is -0.213 e. The molecule has 2 rings (SSSR count). The number of hydrogen-bond donors (Lipinski definition) is 0. The summed E-state index contributed by atoms with van der Waals surface area (Å²) >= 11 is 0. The molecular weight excluding hydrogens is 304 g/mol. The molecule has 0 saturated carbocycles. The van der Waals surface area contributed by atoms with E-state index >= 15 is 0 Å². The van der Waals surface area contributed by atoms with Crippen LogP contribution in [0.3, 0.4) is 0 Å². The van der Waals surface area contributed by atoms with Crippen LogP contribution in [0.25, 0.3) is 0 Å². The summed E-state index contributed by atoms with van der Waals surface area (Å²) in [4.78, 5) is 0. The minimum atomic E-state index is -0.0571. The van der Waals surface area contributed by atoms with Crippen LogP contribution in [0.2, 0.25) is 26.2 Å². The van der Waals surface area contributed by atoms with Crippen LogP contribution in [-0.2, 0) is 29.2 Å². The first-order valence-corrected chi connectivity index (χ1v) is 12.0. The van der Waals surface area contributed by atoms with Crippen LogP contribution in [0.15, 0.2) is 48.5 Å². The van der Waals surface area contributed by atoms with Crippen molar-refractivity contribution in [3.63, 3.8) is 0 Å². The fourth-order valence-corrected chi connectivity index (χ4v) is 3.98. The summed E-state index contributed by atoms with van der Waals surface area (Å²) in [7, 11) is -0.114. The molecule has 0 aliphatic carbocycles. The van der Waals surface area contributed by atoms with Crippen molar-refractivity contribution in [3.8, 4) is 0 Å². The van der Waals surface area contributed by atoms with E-state index < -0.39 is 0 Å². The molecular formula is C16H24FeSi2. The molecule has 0 heterocycles. The molecule has 19 heavy (non-hydrogen) atoms. The van der Waals surface area contributed by atoms with Gasteiger partial charge in [-0.05, 0) is 0 Å². The summed E-state index contributed by atoms with van der Waals surface area (Å²) < 4.78 is 0. The zero-order valence-electron chi connectivity index (χ0n) is 12.4. The molecule has 0 aliphatic rings. The molecule has 2 aromatic carbocycles. The Morgan fingerprint density at radius 2 is 1.16 bits per heavy atom. The molecule has 0 aliphatic heterocycles. The molecule has 0 N–H and O–H groups in total. The minimum absolute atomic E-state index is 0. The first-order chi connectivity index (χ1) is 8.58. The summed E-state index contributed by atoms with van der Waals surface area (Å²) in [6, 6.07) is 19.9. The smallest absolute Gasteiger partial charge is 0.213 e. The third-order valence-electron chi connectivity index (χ3n) is 2.58. The topological polar surface area (TPSA) is 0 Å². The molecule has 0 bridgehead atoms. The maximum atomic E-state index is 2.34. The van der Waals surface area contributed by atoms with Crippen LogP contribution >= 0.6 is 0 Å². The van der Waals surface area contributed by atoms with Gasteiger partial charge in [0.15, 0.2) is 0 Å². The van der Waals surface area contributed by atoms with Crippen molar-refractivity contribution in [1.29, 1.82) is 0 Å². The van der Waals surface area contributed by atoms with Gasteiger partial charge in [-0.1, -0.05) is 38.3 Å². The van der Waals surface area contributed by atoms with Crippen LogP contribution < -0.4 is 0 Å². The Labute approximate surface area is 132 Å². The van der Waals surface area contributed by atoms with Crippen LogP contribution in [0, 0.1) is 0 Å². The first-order valence-electron chi connectivity index (χ1n) is 6.57. The Morgan fingerprint density at radius 3 is 1.37 bits per heavy atom. The maximum absolute atomic E-state index is 2.34. The van der Waals surface area contributed by atoms with Crippen molar-refractivity contribution in [1.82, 2.24) is 0 Å². The van der Waals surface area contributed by atoms with E-state index in [0.717, 1.165) is 0 Å². The van der Waals surface area contributed by atoms with E-state index in [9.17, 15) is 0 Å². The van der Waals surface area contributed by atoms with Gasteiger partial charge in [0, 0.05) is 17.6 Å². The fraction of sp³-hybridized carbons (Fsp3) is 0.375. The zero-order chi connectivity index (χ0) is 13.4. The van der Waals surface area contributed by atoms with Gasteiger partial charge in [-0.15, -0.1) is 0 Å². The van der Waals surface area contributed by atoms with Crippen LogP contribution in [-0.4, -0.2) is 17.6 Å². The summed E-state index contributed by atoms with van der Waals surface area (Å²) in [5, 5.41) is 0. The summed E-state index contributed by atoms with van der Waals surface area (Å²) in [5.74, 6) is 0. The monoisotopic (exact) mass is 328 g/mol. The normalized spacial score (nSPS) is 10.0. The van der Waals surface area contributed by atoms with Gasteiger partial charge in [0.2, 0.25) is 0 Å². The third-order valence-corrected chi connectivity index (χ3v) is 4.81. The molecule has 0 unspecified atom stereocenters. The van der Waals surface area contributed by atoms with E-state index in [1.807, 2.05) is 0 Å². The number of rotatable bonds is 4. The van der Waals surface area contributed by atoms with Crippen LogP contribution in [0.4, 0.5) is 0 Å². The second-order valence-corrected chi connectivity index (χ2v) is 10.9. The van der Waals surface area contributed by atoms with Gasteiger partial charge >= 0.3 is 17.1 Å².